The molecule has 0 aliphatic heterocycles. The van der Waals surface area contributed by atoms with Crippen LogP contribution < -0.4 is 0 Å². The average molecular weight is 228 g/mol. The Morgan fingerprint density at radius 3 is 2.12 bits per heavy atom. The van der Waals surface area contributed by atoms with E-state index in [0.717, 1.165) is 19.3 Å². The van der Waals surface area contributed by atoms with Gasteiger partial charge in [-0.1, -0.05) is 51.2 Å². The largest absolute Gasteiger partial charge is 0.301 e. The van der Waals surface area contributed by atoms with Crippen LogP contribution in [-0.2, 0) is 4.79 Å². The van der Waals surface area contributed by atoms with Crippen molar-refractivity contribution in [3.05, 3.63) is 12.2 Å². The van der Waals surface area contributed by atoms with Gasteiger partial charge in [0.15, 0.2) is 0 Å². The number of rotatable bonds is 11. The van der Waals surface area contributed by atoms with Crippen LogP contribution >= 0.6 is 0 Å². The maximum absolute atomic E-state index is 11.8. The quantitative estimate of drug-likeness (QED) is 0.277. The molecule has 1 nitrogen and oxygen atoms in total. The first kappa shape index (κ1) is 15.3. The van der Waals surface area contributed by atoms with Gasteiger partial charge in [0, 0.05) is 6.42 Å². The van der Waals surface area contributed by atoms with E-state index in [9.17, 15) is 9.18 Å². The molecule has 0 bridgehead atoms. The minimum atomic E-state index is -1.17. The zero-order chi connectivity index (χ0) is 12.1. The maximum Gasteiger partial charge on any atom is 0.301 e. The van der Waals surface area contributed by atoms with Crippen molar-refractivity contribution in [3.8, 4) is 0 Å². The van der Waals surface area contributed by atoms with Crippen molar-refractivity contribution in [2.45, 2.75) is 71.1 Å². The molecular weight excluding hydrogens is 203 g/mol. The fourth-order valence-electron chi connectivity index (χ4n) is 1.61. The summed E-state index contributed by atoms with van der Waals surface area (Å²) in [5.74, 6) is 0. The predicted octanol–water partition coefficient (Wildman–Crippen LogP) is 4.96. The van der Waals surface area contributed by atoms with Gasteiger partial charge in [-0.2, -0.15) is 4.39 Å². The highest BCUT2D eigenvalue weighted by atomic mass is 19.1. The summed E-state index contributed by atoms with van der Waals surface area (Å²) in [6, 6.07) is -1.17. The van der Waals surface area contributed by atoms with Crippen molar-refractivity contribution in [1.82, 2.24) is 0 Å². The molecule has 0 rings (SSSR count). The topological polar surface area (TPSA) is 17.1 Å². The number of hydrogen-bond acceptors (Lipinski definition) is 1. The standard InChI is InChI=1S/C14H25FO/c1-2-3-4-5-6-7-8-9-10-11-12-13-14(15)16/h5-6H,2-4,7-13H2,1H3. The van der Waals surface area contributed by atoms with E-state index in [1.165, 1.54) is 32.1 Å². The highest BCUT2D eigenvalue weighted by Crippen LogP contribution is 2.08. The number of carbonyl (C=O) groups excluding carboxylic acids is 1. The monoisotopic (exact) mass is 228 g/mol. The van der Waals surface area contributed by atoms with E-state index in [1.807, 2.05) is 0 Å². The number of carbonyl (C=O) groups is 1. The molecule has 94 valence electrons. The second kappa shape index (κ2) is 12.4. The highest BCUT2D eigenvalue weighted by molar-refractivity contribution is 5.67. The van der Waals surface area contributed by atoms with Crippen LogP contribution in [0.5, 0.6) is 0 Å². The fraction of sp³-hybridized carbons (Fsp3) is 0.786. The molecule has 2 heteroatoms. The molecule has 0 unspecified atom stereocenters. The summed E-state index contributed by atoms with van der Waals surface area (Å²) < 4.78 is 11.8. The Labute approximate surface area is 99.1 Å². The van der Waals surface area contributed by atoms with Gasteiger partial charge in [-0.15, -0.1) is 0 Å². The van der Waals surface area contributed by atoms with Crippen molar-refractivity contribution >= 4 is 6.04 Å². The first-order chi connectivity index (χ1) is 7.77. The van der Waals surface area contributed by atoms with Crippen LogP contribution in [0.4, 0.5) is 4.39 Å². The normalized spacial score (nSPS) is 11.1. The average Bonchev–Trinajstić information content (AvgIpc) is 2.25. The van der Waals surface area contributed by atoms with Crippen LogP contribution in [0.25, 0.3) is 0 Å². The van der Waals surface area contributed by atoms with Gasteiger partial charge in [-0.05, 0) is 25.7 Å². The van der Waals surface area contributed by atoms with Gasteiger partial charge in [-0.3, -0.25) is 4.79 Å². The molecule has 0 spiro atoms. The number of halogens is 1. The predicted molar refractivity (Wildman–Crippen MR) is 67.1 cm³/mol. The molecule has 0 aromatic heterocycles. The molecule has 0 aliphatic carbocycles. The number of unbranched alkanes of at least 4 members (excludes halogenated alkanes) is 7. The van der Waals surface area contributed by atoms with Crippen LogP contribution in [0.3, 0.4) is 0 Å². The van der Waals surface area contributed by atoms with E-state index < -0.39 is 6.04 Å². The summed E-state index contributed by atoms with van der Waals surface area (Å²) in [5, 5.41) is 0. The molecule has 0 fully saturated rings. The minimum Gasteiger partial charge on any atom is -0.261 e. The number of hydrogen-bond donors (Lipinski definition) is 0. The van der Waals surface area contributed by atoms with Crippen LogP contribution in [0.15, 0.2) is 12.2 Å². The zero-order valence-electron chi connectivity index (χ0n) is 10.5. The van der Waals surface area contributed by atoms with E-state index >= 15 is 0 Å². The third-order valence-electron chi connectivity index (χ3n) is 2.64. The van der Waals surface area contributed by atoms with E-state index in [0.29, 0.717) is 6.42 Å². The molecule has 0 N–H and O–H groups in total. The van der Waals surface area contributed by atoms with E-state index in [4.69, 9.17) is 0 Å². The Bertz CT molecular complexity index is 187. The Morgan fingerprint density at radius 1 is 0.938 bits per heavy atom. The lowest BCUT2D eigenvalue weighted by Crippen LogP contribution is -1.87. The zero-order valence-corrected chi connectivity index (χ0v) is 10.5. The van der Waals surface area contributed by atoms with Crippen LogP contribution in [0.2, 0.25) is 0 Å². The Hall–Kier alpha value is -0.660. The van der Waals surface area contributed by atoms with Gasteiger partial charge >= 0.3 is 6.04 Å². The first-order valence-electron chi connectivity index (χ1n) is 6.60. The summed E-state index contributed by atoms with van der Waals surface area (Å²) in [5.41, 5.74) is 0. The molecule has 0 aliphatic rings. The third-order valence-corrected chi connectivity index (χ3v) is 2.64. The summed E-state index contributed by atoms with van der Waals surface area (Å²) in [6.07, 6.45) is 14.8. The van der Waals surface area contributed by atoms with E-state index in [-0.39, 0.29) is 6.42 Å². The minimum absolute atomic E-state index is 0.108. The Morgan fingerprint density at radius 2 is 1.50 bits per heavy atom. The SMILES string of the molecule is CCCCC=CCCCCCCCC(=O)F. The molecule has 0 saturated heterocycles. The van der Waals surface area contributed by atoms with Gasteiger partial charge in [0.2, 0.25) is 0 Å². The lowest BCUT2D eigenvalue weighted by molar-refractivity contribution is -0.129. The molecule has 0 aromatic rings. The summed E-state index contributed by atoms with van der Waals surface area (Å²) in [4.78, 5) is 10.0. The van der Waals surface area contributed by atoms with Gasteiger partial charge in [-0.25, -0.2) is 0 Å². The van der Waals surface area contributed by atoms with Crippen LogP contribution in [0.1, 0.15) is 71.1 Å². The second-order valence-electron chi connectivity index (χ2n) is 4.28. The summed E-state index contributed by atoms with van der Waals surface area (Å²) in [6.45, 7) is 2.20. The first-order valence-corrected chi connectivity index (χ1v) is 6.60. The second-order valence-corrected chi connectivity index (χ2v) is 4.28. The molecule has 0 radical (unpaired) electrons. The van der Waals surface area contributed by atoms with Gasteiger partial charge in [0.05, 0.1) is 0 Å². The van der Waals surface area contributed by atoms with Gasteiger partial charge in [0.1, 0.15) is 0 Å². The molecular formula is C14H25FO. The lowest BCUT2D eigenvalue weighted by atomic mass is 10.1. The fourth-order valence-corrected chi connectivity index (χ4v) is 1.61. The molecule has 0 saturated carbocycles. The molecule has 16 heavy (non-hydrogen) atoms. The van der Waals surface area contributed by atoms with Crippen LogP contribution in [0, 0.1) is 0 Å². The van der Waals surface area contributed by atoms with E-state index in [2.05, 4.69) is 19.1 Å². The van der Waals surface area contributed by atoms with Crippen molar-refractivity contribution in [3.63, 3.8) is 0 Å². The smallest absolute Gasteiger partial charge is 0.261 e. The van der Waals surface area contributed by atoms with E-state index in [1.54, 1.807) is 0 Å². The van der Waals surface area contributed by atoms with Crippen molar-refractivity contribution in [2.24, 2.45) is 0 Å². The third kappa shape index (κ3) is 13.3. The Balaban J connectivity index is 3.03. The van der Waals surface area contributed by atoms with Crippen molar-refractivity contribution in [1.29, 1.82) is 0 Å². The maximum atomic E-state index is 11.8. The van der Waals surface area contributed by atoms with Gasteiger partial charge in [0.25, 0.3) is 0 Å². The molecule has 0 amide bonds. The number of allylic oxidation sites excluding steroid dienone is 2. The lowest BCUT2D eigenvalue weighted by Gasteiger charge is -1.97. The Kier molecular flexibility index (Phi) is 11.9. The van der Waals surface area contributed by atoms with Gasteiger partial charge < -0.3 is 0 Å². The molecule has 0 heterocycles. The highest BCUT2D eigenvalue weighted by Gasteiger charge is 1.96. The van der Waals surface area contributed by atoms with Crippen molar-refractivity contribution < 1.29 is 9.18 Å². The van der Waals surface area contributed by atoms with Crippen molar-refractivity contribution in [2.75, 3.05) is 0 Å². The molecule has 0 aromatic carbocycles. The summed E-state index contributed by atoms with van der Waals surface area (Å²) >= 11 is 0. The summed E-state index contributed by atoms with van der Waals surface area (Å²) in [7, 11) is 0. The van der Waals surface area contributed by atoms with Crippen LogP contribution in [-0.4, -0.2) is 6.04 Å². The molecule has 0 atom stereocenters.